The number of carbonyl (C=O) groups is 2. The molecule has 2 amide bonds. The van der Waals surface area contributed by atoms with Gasteiger partial charge in [-0.1, -0.05) is 30.4 Å². The average Bonchev–Trinajstić information content (AvgIpc) is 2.93. The fourth-order valence-corrected chi connectivity index (χ4v) is 5.90. The van der Waals surface area contributed by atoms with E-state index in [0.29, 0.717) is 71.6 Å². The second-order valence-electron chi connectivity index (χ2n) is 10.3. The Morgan fingerprint density at radius 2 is 1.72 bits per heavy atom. The van der Waals surface area contributed by atoms with Crippen LogP contribution in [0.5, 0.6) is 5.75 Å². The number of piperidine rings is 1. The molecule has 36 heavy (non-hydrogen) atoms. The van der Waals surface area contributed by atoms with Gasteiger partial charge in [0.25, 0.3) is 0 Å². The SMILES string of the molecule is O=C(C[C@@H]1CCN2C[C@@H]1/C=C\COc1ccccc1CN(C1CCOCC1)CC2=O)N1CCOCC1. The molecule has 0 aromatic heterocycles. The summed E-state index contributed by atoms with van der Waals surface area (Å²) in [7, 11) is 0. The Balaban J connectivity index is 1.34. The van der Waals surface area contributed by atoms with Gasteiger partial charge in [0.1, 0.15) is 12.4 Å². The van der Waals surface area contributed by atoms with Crippen molar-refractivity contribution in [1.82, 2.24) is 14.7 Å². The van der Waals surface area contributed by atoms with Crippen LogP contribution in [-0.4, -0.2) is 98.3 Å². The molecule has 4 heterocycles. The molecule has 4 aliphatic heterocycles. The summed E-state index contributed by atoms with van der Waals surface area (Å²) in [5, 5.41) is 0. The number of amides is 2. The van der Waals surface area contributed by atoms with Crippen LogP contribution in [0.1, 0.15) is 31.2 Å². The van der Waals surface area contributed by atoms with Crippen LogP contribution in [0.2, 0.25) is 0 Å². The summed E-state index contributed by atoms with van der Waals surface area (Å²) in [5.41, 5.74) is 1.11. The van der Waals surface area contributed by atoms with Crippen molar-refractivity contribution >= 4 is 11.8 Å². The number of ether oxygens (including phenoxy) is 3. The number of nitrogens with zero attached hydrogens (tertiary/aromatic N) is 3. The van der Waals surface area contributed by atoms with E-state index in [0.717, 1.165) is 43.8 Å². The minimum absolute atomic E-state index is 0.142. The highest BCUT2D eigenvalue weighted by atomic mass is 16.5. The van der Waals surface area contributed by atoms with Gasteiger partial charge in [0.2, 0.25) is 11.8 Å². The van der Waals surface area contributed by atoms with Crippen LogP contribution in [0.4, 0.5) is 0 Å². The Kier molecular flexibility index (Phi) is 8.56. The van der Waals surface area contributed by atoms with Crippen molar-refractivity contribution < 1.29 is 23.8 Å². The molecule has 2 bridgehead atoms. The normalized spacial score (nSPS) is 27.7. The number of para-hydroxylation sites is 1. The summed E-state index contributed by atoms with van der Waals surface area (Å²) in [6, 6.07) is 8.46. The number of carbonyl (C=O) groups excluding carboxylic acids is 2. The second-order valence-corrected chi connectivity index (χ2v) is 10.3. The Morgan fingerprint density at radius 1 is 0.944 bits per heavy atom. The lowest BCUT2D eigenvalue weighted by Crippen LogP contribution is -2.50. The number of morpholine rings is 1. The third-order valence-electron chi connectivity index (χ3n) is 8.07. The molecule has 0 N–H and O–H groups in total. The molecule has 1 aromatic carbocycles. The van der Waals surface area contributed by atoms with E-state index in [-0.39, 0.29) is 23.7 Å². The molecular weight excluding hydrogens is 458 g/mol. The van der Waals surface area contributed by atoms with Gasteiger partial charge in [-0.3, -0.25) is 14.5 Å². The molecule has 0 saturated carbocycles. The standard InChI is InChI=1S/C28H39N3O5/c32-27(29-11-16-35-17-12-29)18-22-7-10-30-19-23(22)5-3-13-36-26-6-2-1-4-24(26)20-31(21-28(30)33)25-8-14-34-15-9-25/h1-6,22-23,25H,7-21H2/b5-3-/t22-,23-/m0/s1. The molecule has 1 aromatic rings. The monoisotopic (exact) mass is 497 g/mol. The highest BCUT2D eigenvalue weighted by Gasteiger charge is 2.34. The molecule has 4 aliphatic rings. The van der Waals surface area contributed by atoms with Gasteiger partial charge in [0, 0.05) is 64.0 Å². The van der Waals surface area contributed by atoms with Crippen LogP contribution in [0.3, 0.4) is 0 Å². The number of fused-ring (bicyclic) bond motifs is 3. The zero-order chi connectivity index (χ0) is 24.7. The van der Waals surface area contributed by atoms with Gasteiger partial charge in [-0.2, -0.15) is 0 Å². The first-order valence-electron chi connectivity index (χ1n) is 13.5. The van der Waals surface area contributed by atoms with Crippen LogP contribution in [-0.2, 0) is 25.6 Å². The van der Waals surface area contributed by atoms with E-state index in [1.807, 2.05) is 28.0 Å². The highest BCUT2D eigenvalue weighted by molar-refractivity contribution is 5.79. The molecule has 3 saturated heterocycles. The minimum Gasteiger partial charge on any atom is -0.489 e. The van der Waals surface area contributed by atoms with Crippen LogP contribution in [0.25, 0.3) is 0 Å². The van der Waals surface area contributed by atoms with Crippen molar-refractivity contribution in [1.29, 1.82) is 0 Å². The molecule has 0 radical (unpaired) electrons. The minimum atomic E-state index is 0.142. The van der Waals surface area contributed by atoms with E-state index in [9.17, 15) is 9.59 Å². The second kappa shape index (κ2) is 12.2. The van der Waals surface area contributed by atoms with E-state index >= 15 is 0 Å². The van der Waals surface area contributed by atoms with E-state index in [1.165, 1.54) is 0 Å². The molecule has 8 heteroatoms. The maximum atomic E-state index is 13.6. The van der Waals surface area contributed by atoms with Gasteiger partial charge in [-0.25, -0.2) is 0 Å². The molecule has 5 rings (SSSR count). The van der Waals surface area contributed by atoms with Crippen LogP contribution in [0.15, 0.2) is 36.4 Å². The molecule has 0 unspecified atom stereocenters. The number of benzene rings is 1. The van der Waals surface area contributed by atoms with E-state index in [4.69, 9.17) is 14.2 Å². The highest BCUT2D eigenvalue weighted by Crippen LogP contribution is 2.30. The van der Waals surface area contributed by atoms with E-state index in [1.54, 1.807) is 0 Å². The van der Waals surface area contributed by atoms with Gasteiger partial charge >= 0.3 is 0 Å². The Morgan fingerprint density at radius 3 is 2.56 bits per heavy atom. The smallest absolute Gasteiger partial charge is 0.236 e. The number of hydrogen-bond acceptors (Lipinski definition) is 6. The van der Waals surface area contributed by atoms with Crippen LogP contribution in [0, 0.1) is 11.8 Å². The first-order chi connectivity index (χ1) is 17.7. The van der Waals surface area contributed by atoms with Crippen molar-refractivity contribution in [2.24, 2.45) is 11.8 Å². The molecule has 2 atom stereocenters. The van der Waals surface area contributed by atoms with Gasteiger partial charge < -0.3 is 24.0 Å². The van der Waals surface area contributed by atoms with Crippen molar-refractivity contribution in [2.45, 2.75) is 38.3 Å². The van der Waals surface area contributed by atoms with E-state index < -0.39 is 0 Å². The lowest BCUT2D eigenvalue weighted by atomic mass is 9.82. The molecule has 0 aliphatic carbocycles. The third kappa shape index (κ3) is 6.28. The maximum absolute atomic E-state index is 13.6. The van der Waals surface area contributed by atoms with Crippen molar-refractivity contribution in [3.8, 4) is 5.75 Å². The Bertz CT molecular complexity index is 926. The molecule has 0 spiro atoms. The lowest BCUT2D eigenvalue weighted by molar-refractivity contribution is -0.138. The third-order valence-corrected chi connectivity index (χ3v) is 8.07. The molecular formula is C28H39N3O5. The zero-order valence-corrected chi connectivity index (χ0v) is 21.2. The predicted octanol–water partition coefficient (Wildman–Crippen LogP) is 2.33. The van der Waals surface area contributed by atoms with Crippen LogP contribution >= 0.6 is 0 Å². The molecule has 3 fully saturated rings. The first-order valence-corrected chi connectivity index (χ1v) is 13.5. The van der Waals surface area contributed by atoms with Crippen molar-refractivity contribution in [2.75, 3.05) is 65.8 Å². The first kappa shape index (κ1) is 25.2. The summed E-state index contributed by atoms with van der Waals surface area (Å²) in [6.07, 6.45) is 7.48. The summed E-state index contributed by atoms with van der Waals surface area (Å²) < 4.78 is 17.2. The summed E-state index contributed by atoms with van der Waals surface area (Å²) >= 11 is 0. The zero-order valence-electron chi connectivity index (χ0n) is 21.2. The average molecular weight is 498 g/mol. The topological polar surface area (TPSA) is 71.6 Å². The van der Waals surface area contributed by atoms with Crippen molar-refractivity contribution in [3.63, 3.8) is 0 Å². The summed E-state index contributed by atoms with van der Waals surface area (Å²) in [6.45, 7) is 6.97. The van der Waals surface area contributed by atoms with Gasteiger partial charge in [0.05, 0.1) is 19.8 Å². The maximum Gasteiger partial charge on any atom is 0.236 e. The lowest BCUT2D eigenvalue weighted by Gasteiger charge is -2.40. The Labute approximate surface area is 214 Å². The van der Waals surface area contributed by atoms with Gasteiger partial charge in [0.15, 0.2) is 0 Å². The van der Waals surface area contributed by atoms with Crippen LogP contribution < -0.4 is 4.74 Å². The van der Waals surface area contributed by atoms with E-state index in [2.05, 4.69) is 23.1 Å². The molecule has 8 nitrogen and oxygen atoms in total. The fraction of sp³-hybridized carbons (Fsp3) is 0.643. The quantitative estimate of drug-likeness (QED) is 0.597. The number of rotatable bonds is 3. The summed E-state index contributed by atoms with van der Waals surface area (Å²) in [5.74, 6) is 1.62. The fourth-order valence-electron chi connectivity index (χ4n) is 5.90. The van der Waals surface area contributed by atoms with Gasteiger partial charge in [-0.05, 0) is 37.2 Å². The molecule has 196 valence electrons. The predicted molar refractivity (Wildman–Crippen MR) is 136 cm³/mol. The Hall–Kier alpha value is -2.42. The number of hydrogen-bond donors (Lipinski definition) is 0. The summed E-state index contributed by atoms with van der Waals surface area (Å²) in [4.78, 5) is 32.8. The van der Waals surface area contributed by atoms with Gasteiger partial charge in [-0.15, -0.1) is 0 Å². The largest absolute Gasteiger partial charge is 0.489 e. The van der Waals surface area contributed by atoms with Crippen molar-refractivity contribution in [3.05, 3.63) is 42.0 Å².